The second kappa shape index (κ2) is 5.00. The Bertz CT molecular complexity index is 746. The van der Waals surface area contributed by atoms with E-state index in [1.807, 2.05) is 44.2 Å². The first-order valence-corrected chi connectivity index (χ1v) is 6.82. The van der Waals surface area contributed by atoms with Gasteiger partial charge in [0.2, 0.25) is 0 Å². The van der Waals surface area contributed by atoms with E-state index in [0.717, 1.165) is 28.2 Å². The summed E-state index contributed by atoms with van der Waals surface area (Å²) in [6, 6.07) is 14.2. The van der Waals surface area contributed by atoms with E-state index >= 15 is 0 Å². The number of fused-ring (bicyclic) bond motifs is 1. The molecule has 0 bridgehead atoms. The maximum atomic E-state index is 6.00. The van der Waals surface area contributed by atoms with Crippen LogP contribution in [0.2, 0.25) is 0 Å². The molecule has 2 aromatic carbocycles. The van der Waals surface area contributed by atoms with Crippen LogP contribution in [0.5, 0.6) is 5.75 Å². The van der Waals surface area contributed by atoms with Crippen molar-refractivity contribution in [2.24, 2.45) is 0 Å². The van der Waals surface area contributed by atoms with Gasteiger partial charge in [0.1, 0.15) is 11.6 Å². The van der Waals surface area contributed by atoms with Crippen LogP contribution < -0.4 is 4.74 Å². The molecule has 0 amide bonds. The van der Waals surface area contributed by atoms with E-state index < -0.39 is 0 Å². The van der Waals surface area contributed by atoms with Crippen LogP contribution in [0, 0.1) is 13.8 Å². The smallest absolute Gasteiger partial charge is 0.153 e. The molecule has 0 radical (unpaired) electrons. The number of nitrogens with one attached hydrogen (secondary N) is 1. The fourth-order valence-electron chi connectivity index (χ4n) is 2.27. The molecule has 0 spiro atoms. The van der Waals surface area contributed by atoms with Gasteiger partial charge >= 0.3 is 0 Å². The molecule has 1 N–H and O–H groups in total. The number of hydrogen-bond acceptors (Lipinski definition) is 2. The van der Waals surface area contributed by atoms with Crippen molar-refractivity contribution < 1.29 is 4.74 Å². The Morgan fingerprint density at radius 1 is 1.10 bits per heavy atom. The third-order valence-electron chi connectivity index (χ3n) is 3.44. The molecule has 0 aliphatic heterocycles. The molecule has 0 fully saturated rings. The van der Waals surface area contributed by atoms with Crippen molar-refractivity contribution in [1.29, 1.82) is 0 Å². The molecule has 0 saturated heterocycles. The molecule has 0 aliphatic rings. The zero-order chi connectivity index (χ0) is 14.1. The Hall–Kier alpha value is -2.29. The number of ether oxygens (including phenoxy) is 1. The number of aromatic nitrogens is 2. The quantitative estimate of drug-likeness (QED) is 0.766. The number of benzene rings is 2. The summed E-state index contributed by atoms with van der Waals surface area (Å²) in [4.78, 5) is 7.94. The summed E-state index contributed by atoms with van der Waals surface area (Å²) in [5.41, 5.74) is 4.39. The van der Waals surface area contributed by atoms with Gasteiger partial charge in [-0.15, -0.1) is 0 Å². The molecule has 1 heterocycles. The minimum Gasteiger partial charge on any atom is -0.483 e. The van der Waals surface area contributed by atoms with E-state index in [4.69, 9.17) is 4.74 Å². The van der Waals surface area contributed by atoms with Crippen LogP contribution in [0.3, 0.4) is 0 Å². The van der Waals surface area contributed by atoms with E-state index in [9.17, 15) is 0 Å². The minimum absolute atomic E-state index is 0.108. The van der Waals surface area contributed by atoms with Gasteiger partial charge in [0, 0.05) is 0 Å². The highest BCUT2D eigenvalue weighted by Crippen LogP contribution is 2.24. The van der Waals surface area contributed by atoms with Gasteiger partial charge in [-0.25, -0.2) is 4.98 Å². The molecular formula is C17H18N2O. The molecule has 0 unspecified atom stereocenters. The molecule has 20 heavy (non-hydrogen) atoms. The second-order valence-corrected chi connectivity index (χ2v) is 5.17. The zero-order valence-corrected chi connectivity index (χ0v) is 12.0. The van der Waals surface area contributed by atoms with E-state index in [0.29, 0.717) is 0 Å². The lowest BCUT2D eigenvalue weighted by Crippen LogP contribution is -2.05. The van der Waals surface area contributed by atoms with Gasteiger partial charge in [0.25, 0.3) is 0 Å². The summed E-state index contributed by atoms with van der Waals surface area (Å²) < 4.78 is 6.00. The van der Waals surface area contributed by atoms with Gasteiger partial charge in [-0.2, -0.15) is 0 Å². The van der Waals surface area contributed by atoms with Gasteiger partial charge in [-0.05, 0) is 50.1 Å². The average molecular weight is 266 g/mol. The molecule has 3 rings (SSSR count). The number of imidazole rings is 1. The Balaban J connectivity index is 1.89. The van der Waals surface area contributed by atoms with Crippen molar-refractivity contribution >= 4 is 11.0 Å². The van der Waals surface area contributed by atoms with Crippen LogP contribution in [-0.4, -0.2) is 9.97 Å². The van der Waals surface area contributed by atoms with Crippen molar-refractivity contribution in [3.05, 3.63) is 59.4 Å². The number of nitrogens with zero attached hydrogens (tertiary/aromatic N) is 1. The zero-order valence-electron chi connectivity index (χ0n) is 12.0. The van der Waals surface area contributed by atoms with Crippen LogP contribution in [0.1, 0.15) is 30.0 Å². The third-order valence-corrected chi connectivity index (χ3v) is 3.44. The lowest BCUT2D eigenvalue weighted by atomic mass is 10.2. The number of aromatic amines is 1. The number of H-pyrrole nitrogens is 1. The molecule has 102 valence electrons. The summed E-state index contributed by atoms with van der Waals surface area (Å²) >= 11 is 0. The highest BCUT2D eigenvalue weighted by molar-refractivity contribution is 5.75. The number of rotatable bonds is 3. The second-order valence-electron chi connectivity index (χ2n) is 5.17. The van der Waals surface area contributed by atoms with Crippen molar-refractivity contribution in [1.82, 2.24) is 9.97 Å². The van der Waals surface area contributed by atoms with Crippen LogP contribution in [0.25, 0.3) is 11.0 Å². The summed E-state index contributed by atoms with van der Waals surface area (Å²) in [6.45, 7) is 6.13. The lowest BCUT2D eigenvalue weighted by molar-refractivity contribution is 0.216. The van der Waals surface area contributed by atoms with Crippen LogP contribution in [0.4, 0.5) is 0 Å². The fourth-order valence-corrected chi connectivity index (χ4v) is 2.27. The van der Waals surface area contributed by atoms with Crippen molar-refractivity contribution in [2.75, 3.05) is 0 Å². The predicted molar refractivity (Wildman–Crippen MR) is 81.1 cm³/mol. The first-order chi connectivity index (χ1) is 9.63. The number of aryl methyl sites for hydroxylation is 2. The SMILES string of the molecule is Cc1ccc2nc([C@@H](C)Oc3ccccc3C)[nH]c2c1. The molecule has 0 aliphatic carbocycles. The Morgan fingerprint density at radius 2 is 1.90 bits per heavy atom. The van der Waals surface area contributed by atoms with Gasteiger partial charge < -0.3 is 9.72 Å². The van der Waals surface area contributed by atoms with Crippen LogP contribution in [-0.2, 0) is 0 Å². The first kappa shape index (κ1) is 12.7. The predicted octanol–water partition coefficient (Wildman–Crippen LogP) is 4.32. The van der Waals surface area contributed by atoms with Gasteiger partial charge in [-0.1, -0.05) is 24.3 Å². The van der Waals surface area contributed by atoms with Crippen LogP contribution in [0.15, 0.2) is 42.5 Å². The van der Waals surface area contributed by atoms with Crippen LogP contribution >= 0.6 is 0 Å². The Labute approximate surface area is 118 Å². The Morgan fingerprint density at radius 3 is 2.70 bits per heavy atom. The van der Waals surface area contributed by atoms with E-state index in [2.05, 4.69) is 29.0 Å². The van der Waals surface area contributed by atoms with Crippen molar-refractivity contribution in [3.8, 4) is 5.75 Å². The first-order valence-electron chi connectivity index (χ1n) is 6.82. The van der Waals surface area contributed by atoms with E-state index in [1.54, 1.807) is 0 Å². The summed E-state index contributed by atoms with van der Waals surface area (Å²) in [6.07, 6.45) is -0.108. The topological polar surface area (TPSA) is 37.9 Å². The summed E-state index contributed by atoms with van der Waals surface area (Å²) in [5.74, 6) is 1.76. The fraction of sp³-hybridized carbons (Fsp3) is 0.235. The average Bonchev–Trinajstić information content (AvgIpc) is 2.84. The highest BCUT2D eigenvalue weighted by atomic mass is 16.5. The summed E-state index contributed by atoms with van der Waals surface area (Å²) in [7, 11) is 0. The molecule has 1 aromatic heterocycles. The summed E-state index contributed by atoms with van der Waals surface area (Å²) in [5, 5.41) is 0. The minimum atomic E-state index is -0.108. The molecule has 3 heteroatoms. The normalized spacial score (nSPS) is 12.6. The maximum absolute atomic E-state index is 6.00. The lowest BCUT2D eigenvalue weighted by Gasteiger charge is -2.14. The van der Waals surface area contributed by atoms with E-state index in [-0.39, 0.29) is 6.10 Å². The molecule has 0 saturated carbocycles. The largest absolute Gasteiger partial charge is 0.483 e. The molecule has 3 nitrogen and oxygen atoms in total. The monoisotopic (exact) mass is 266 g/mol. The maximum Gasteiger partial charge on any atom is 0.153 e. The molecular weight excluding hydrogens is 248 g/mol. The van der Waals surface area contributed by atoms with Gasteiger partial charge in [-0.3, -0.25) is 0 Å². The molecule has 1 atom stereocenters. The van der Waals surface area contributed by atoms with Gasteiger partial charge in [0.15, 0.2) is 6.10 Å². The molecule has 3 aromatic rings. The van der Waals surface area contributed by atoms with E-state index in [1.165, 1.54) is 5.56 Å². The van der Waals surface area contributed by atoms with Gasteiger partial charge in [0.05, 0.1) is 11.0 Å². The van der Waals surface area contributed by atoms with Crippen molar-refractivity contribution in [2.45, 2.75) is 26.9 Å². The number of para-hydroxylation sites is 1. The number of hydrogen-bond donors (Lipinski definition) is 1. The highest BCUT2D eigenvalue weighted by Gasteiger charge is 2.13. The van der Waals surface area contributed by atoms with Crippen molar-refractivity contribution in [3.63, 3.8) is 0 Å². The standard InChI is InChI=1S/C17H18N2O/c1-11-8-9-14-15(10-11)19-17(18-14)13(3)20-16-7-5-4-6-12(16)2/h4-10,13H,1-3H3,(H,18,19)/t13-/m1/s1. The Kier molecular flexibility index (Phi) is 3.18. The third kappa shape index (κ3) is 2.39.